The highest BCUT2D eigenvalue weighted by atomic mass is 79.9. The number of hydrogen-bond donors (Lipinski definition) is 1. The molecule has 1 aliphatic rings. The van der Waals surface area contributed by atoms with Gasteiger partial charge < -0.3 is 4.98 Å². The van der Waals surface area contributed by atoms with Gasteiger partial charge in [-0.1, -0.05) is 55.4 Å². The molecule has 0 unspecified atom stereocenters. The molecule has 0 saturated heterocycles. The van der Waals surface area contributed by atoms with E-state index >= 15 is 0 Å². The predicted octanol–water partition coefficient (Wildman–Crippen LogP) is 5.23. The van der Waals surface area contributed by atoms with Crippen molar-refractivity contribution in [2.45, 2.75) is 31.6 Å². The molecule has 1 aromatic carbocycles. The molecule has 0 radical (unpaired) electrons. The van der Waals surface area contributed by atoms with Crippen molar-refractivity contribution in [2.24, 2.45) is 0 Å². The normalized spacial score (nSPS) is 15.8. The molecule has 0 atom stereocenters. The SMILES string of the molecule is S=c1nc(C2CCCC2)[nH]c(-c2ccccc2)c1Br. The van der Waals surface area contributed by atoms with Crippen molar-refractivity contribution in [3.05, 3.63) is 45.3 Å². The predicted molar refractivity (Wildman–Crippen MR) is 83.8 cm³/mol. The monoisotopic (exact) mass is 334 g/mol. The van der Waals surface area contributed by atoms with Crippen LogP contribution in [0, 0.1) is 4.64 Å². The van der Waals surface area contributed by atoms with Crippen LogP contribution in [0.2, 0.25) is 0 Å². The quantitative estimate of drug-likeness (QED) is 0.762. The van der Waals surface area contributed by atoms with E-state index in [0.717, 1.165) is 21.6 Å². The maximum absolute atomic E-state index is 5.39. The van der Waals surface area contributed by atoms with E-state index in [-0.39, 0.29) is 0 Å². The first-order valence-electron chi connectivity index (χ1n) is 6.61. The molecule has 1 fully saturated rings. The molecule has 1 saturated carbocycles. The number of rotatable bonds is 2. The van der Waals surface area contributed by atoms with Gasteiger partial charge in [0.1, 0.15) is 10.5 Å². The Morgan fingerprint density at radius 3 is 2.53 bits per heavy atom. The van der Waals surface area contributed by atoms with Crippen molar-refractivity contribution in [1.29, 1.82) is 0 Å². The lowest BCUT2D eigenvalue weighted by Gasteiger charge is -2.12. The van der Waals surface area contributed by atoms with E-state index in [1.807, 2.05) is 18.2 Å². The molecule has 2 nitrogen and oxygen atoms in total. The zero-order chi connectivity index (χ0) is 13.2. The minimum Gasteiger partial charge on any atom is -0.342 e. The van der Waals surface area contributed by atoms with Gasteiger partial charge in [0, 0.05) is 5.92 Å². The molecule has 2 aromatic rings. The summed E-state index contributed by atoms with van der Waals surface area (Å²) in [6.07, 6.45) is 5.02. The number of halogens is 1. The largest absolute Gasteiger partial charge is 0.342 e. The molecular formula is C15H15BrN2S. The third-order valence-corrected chi connectivity index (χ3v) is 5.02. The van der Waals surface area contributed by atoms with Gasteiger partial charge in [-0.3, -0.25) is 0 Å². The molecule has 1 heterocycles. The molecule has 0 amide bonds. The van der Waals surface area contributed by atoms with Gasteiger partial charge in [-0.15, -0.1) is 0 Å². The number of aromatic nitrogens is 2. The van der Waals surface area contributed by atoms with Crippen LogP contribution in [0.15, 0.2) is 34.8 Å². The summed E-state index contributed by atoms with van der Waals surface area (Å²) in [6, 6.07) is 10.3. The summed E-state index contributed by atoms with van der Waals surface area (Å²) in [5, 5.41) is 0. The summed E-state index contributed by atoms with van der Waals surface area (Å²) in [5.41, 5.74) is 2.18. The van der Waals surface area contributed by atoms with Crippen molar-refractivity contribution < 1.29 is 0 Å². The molecule has 3 rings (SSSR count). The summed E-state index contributed by atoms with van der Waals surface area (Å²) >= 11 is 8.95. The van der Waals surface area contributed by atoms with Gasteiger partial charge in [0.05, 0.1) is 10.2 Å². The first-order valence-corrected chi connectivity index (χ1v) is 7.81. The second kappa shape index (κ2) is 5.55. The van der Waals surface area contributed by atoms with Gasteiger partial charge in [0.25, 0.3) is 0 Å². The van der Waals surface area contributed by atoms with Crippen molar-refractivity contribution in [3.63, 3.8) is 0 Å². The van der Waals surface area contributed by atoms with Crippen molar-refractivity contribution in [1.82, 2.24) is 9.97 Å². The molecule has 98 valence electrons. The van der Waals surface area contributed by atoms with E-state index in [1.165, 1.54) is 25.7 Å². The Kier molecular flexibility index (Phi) is 3.80. The van der Waals surface area contributed by atoms with Crippen LogP contribution in [0.1, 0.15) is 37.4 Å². The van der Waals surface area contributed by atoms with Crippen molar-refractivity contribution in [2.75, 3.05) is 0 Å². The number of benzene rings is 1. The van der Waals surface area contributed by atoms with Crippen LogP contribution in [-0.4, -0.2) is 9.97 Å². The van der Waals surface area contributed by atoms with Crippen LogP contribution in [0.4, 0.5) is 0 Å². The summed E-state index contributed by atoms with van der Waals surface area (Å²) in [4.78, 5) is 8.04. The van der Waals surface area contributed by atoms with E-state index in [9.17, 15) is 0 Å². The molecule has 0 aliphatic heterocycles. The molecule has 0 bridgehead atoms. The van der Waals surface area contributed by atoms with Crippen LogP contribution in [0.5, 0.6) is 0 Å². The number of aromatic amines is 1. The minimum atomic E-state index is 0.539. The highest BCUT2D eigenvalue weighted by Crippen LogP contribution is 2.34. The number of nitrogens with zero attached hydrogens (tertiary/aromatic N) is 1. The Morgan fingerprint density at radius 1 is 1.16 bits per heavy atom. The third-order valence-electron chi connectivity index (χ3n) is 3.69. The second-order valence-electron chi connectivity index (χ2n) is 4.96. The molecule has 19 heavy (non-hydrogen) atoms. The standard InChI is InChI=1S/C15H15BrN2S/c16-12-13(10-6-2-1-3-7-10)17-14(18-15(12)19)11-8-4-5-9-11/h1-3,6-7,11H,4-5,8-9H2,(H,17,18,19). The average molecular weight is 335 g/mol. The zero-order valence-electron chi connectivity index (χ0n) is 10.5. The third kappa shape index (κ3) is 2.65. The topological polar surface area (TPSA) is 28.7 Å². The number of nitrogens with one attached hydrogen (secondary N) is 1. The van der Waals surface area contributed by atoms with E-state index in [1.54, 1.807) is 0 Å². The summed E-state index contributed by atoms with van der Waals surface area (Å²) in [7, 11) is 0. The van der Waals surface area contributed by atoms with Gasteiger partial charge in [-0.2, -0.15) is 0 Å². The molecule has 1 aliphatic carbocycles. The first kappa shape index (κ1) is 13.0. The van der Waals surface area contributed by atoms with E-state index in [2.05, 4.69) is 38.0 Å². The summed E-state index contributed by atoms with van der Waals surface area (Å²) in [5.74, 6) is 1.59. The van der Waals surface area contributed by atoms with Crippen LogP contribution in [0.3, 0.4) is 0 Å². The number of hydrogen-bond acceptors (Lipinski definition) is 2. The highest BCUT2D eigenvalue weighted by molar-refractivity contribution is 9.10. The van der Waals surface area contributed by atoms with Crippen LogP contribution in [-0.2, 0) is 0 Å². The van der Waals surface area contributed by atoms with Crippen molar-refractivity contribution in [3.8, 4) is 11.3 Å². The van der Waals surface area contributed by atoms with Gasteiger partial charge >= 0.3 is 0 Å². The summed E-state index contributed by atoms with van der Waals surface area (Å²) < 4.78 is 1.54. The fraction of sp³-hybridized carbons (Fsp3) is 0.333. The fourth-order valence-electron chi connectivity index (χ4n) is 2.67. The lowest BCUT2D eigenvalue weighted by molar-refractivity contribution is 0.666. The molecule has 4 heteroatoms. The smallest absolute Gasteiger partial charge is 0.144 e. The van der Waals surface area contributed by atoms with E-state index < -0.39 is 0 Å². The first-order chi connectivity index (χ1) is 9.25. The lowest BCUT2D eigenvalue weighted by atomic mass is 10.1. The fourth-order valence-corrected chi connectivity index (χ4v) is 3.29. The van der Waals surface area contributed by atoms with Gasteiger partial charge in [0.2, 0.25) is 0 Å². The Hall–Kier alpha value is -1.00. The molecule has 1 aromatic heterocycles. The maximum atomic E-state index is 5.39. The maximum Gasteiger partial charge on any atom is 0.144 e. The molecule has 0 spiro atoms. The summed E-state index contributed by atoms with van der Waals surface area (Å²) in [6.45, 7) is 0. The van der Waals surface area contributed by atoms with E-state index in [0.29, 0.717) is 10.6 Å². The minimum absolute atomic E-state index is 0.539. The van der Waals surface area contributed by atoms with E-state index in [4.69, 9.17) is 12.2 Å². The van der Waals surface area contributed by atoms with Gasteiger partial charge in [-0.25, -0.2) is 4.98 Å². The highest BCUT2D eigenvalue weighted by Gasteiger charge is 2.20. The lowest BCUT2D eigenvalue weighted by Crippen LogP contribution is -2.03. The van der Waals surface area contributed by atoms with Crippen LogP contribution < -0.4 is 0 Å². The van der Waals surface area contributed by atoms with Crippen molar-refractivity contribution >= 4 is 28.1 Å². The number of H-pyrrole nitrogens is 1. The zero-order valence-corrected chi connectivity index (χ0v) is 12.9. The van der Waals surface area contributed by atoms with Gasteiger partial charge in [0.15, 0.2) is 0 Å². The second-order valence-corrected chi connectivity index (χ2v) is 6.14. The Bertz CT molecular complexity index is 630. The van der Waals surface area contributed by atoms with Crippen LogP contribution >= 0.6 is 28.1 Å². The Morgan fingerprint density at radius 2 is 1.84 bits per heavy atom. The molecule has 1 N–H and O–H groups in total. The Balaban J connectivity index is 2.11. The average Bonchev–Trinajstić information content (AvgIpc) is 2.97. The van der Waals surface area contributed by atoms with Crippen LogP contribution in [0.25, 0.3) is 11.3 Å². The van der Waals surface area contributed by atoms with Gasteiger partial charge in [-0.05, 0) is 34.3 Å². The molecular weight excluding hydrogens is 320 g/mol. The Labute approximate surface area is 126 Å².